The first-order valence-corrected chi connectivity index (χ1v) is 5.33. The minimum absolute atomic E-state index is 0.190. The van der Waals surface area contributed by atoms with Crippen LogP contribution in [0.4, 0.5) is 0 Å². The van der Waals surface area contributed by atoms with Crippen molar-refractivity contribution in [2.45, 2.75) is 0 Å². The number of hydrogen-bond acceptors (Lipinski definition) is 2. The maximum absolute atomic E-state index is 10.9. The number of hydrogen-bond donors (Lipinski definition) is 1. The van der Waals surface area contributed by atoms with Crippen molar-refractivity contribution in [1.29, 1.82) is 0 Å². The van der Waals surface area contributed by atoms with Crippen LogP contribution in [0.1, 0.15) is 10.4 Å². The molecule has 0 aliphatic rings. The van der Waals surface area contributed by atoms with E-state index < -0.39 is 5.97 Å². The Morgan fingerprint density at radius 2 is 2.14 bits per heavy atom. The number of carboxylic acids is 1. The van der Waals surface area contributed by atoms with Crippen LogP contribution in [0.25, 0.3) is 10.1 Å². The van der Waals surface area contributed by atoms with Crippen LogP contribution in [-0.4, -0.2) is 11.1 Å². The predicted molar refractivity (Wildman–Crippen MR) is 58.8 cm³/mol. The molecule has 0 saturated heterocycles. The Kier molecular flexibility index (Phi) is 2.39. The van der Waals surface area contributed by atoms with Gasteiger partial charge >= 0.3 is 5.97 Å². The number of fused-ring (bicyclic) bond motifs is 1. The average molecular weight is 247 g/mol. The Hall–Kier alpha value is -0.770. The molecule has 1 aromatic heterocycles. The van der Waals surface area contributed by atoms with Crippen LogP contribution in [-0.2, 0) is 0 Å². The SMILES string of the molecule is O=C(O)c1cc(Cl)c(Cl)c2sccc12. The standard InChI is InChI=1S/C9H4Cl2O2S/c10-6-3-5(9(12)13)4-1-2-14-8(4)7(6)11/h1-3H,(H,12,13). The highest BCUT2D eigenvalue weighted by Gasteiger charge is 2.14. The summed E-state index contributed by atoms with van der Waals surface area (Å²) in [5.41, 5.74) is 0.190. The Labute approximate surface area is 93.7 Å². The van der Waals surface area contributed by atoms with E-state index in [4.69, 9.17) is 28.3 Å². The van der Waals surface area contributed by atoms with Gasteiger partial charge in [-0.15, -0.1) is 11.3 Å². The summed E-state index contributed by atoms with van der Waals surface area (Å²) >= 11 is 13.1. The van der Waals surface area contributed by atoms with Crippen LogP contribution in [0.3, 0.4) is 0 Å². The van der Waals surface area contributed by atoms with E-state index in [9.17, 15) is 4.79 Å². The molecule has 14 heavy (non-hydrogen) atoms. The van der Waals surface area contributed by atoms with Crippen LogP contribution in [0.15, 0.2) is 17.5 Å². The topological polar surface area (TPSA) is 37.3 Å². The summed E-state index contributed by atoms with van der Waals surface area (Å²) in [5.74, 6) is -0.994. The van der Waals surface area contributed by atoms with Gasteiger partial charge in [-0.25, -0.2) is 4.79 Å². The fourth-order valence-corrected chi connectivity index (χ4v) is 2.65. The summed E-state index contributed by atoms with van der Waals surface area (Å²) in [6, 6.07) is 3.10. The Bertz CT molecular complexity index is 519. The van der Waals surface area contributed by atoms with Crippen LogP contribution in [0.2, 0.25) is 10.0 Å². The van der Waals surface area contributed by atoms with E-state index in [0.717, 1.165) is 4.70 Å². The number of aromatic carboxylic acids is 1. The molecule has 1 N–H and O–H groups in total. The maximum atomic E-state index is 10.9. The van der Waals surface area contributed by atoms with Gasteiger partial charge in [0, 0.05) is 5.39 Å². The third-order valence-electron chi connectivity index (χ3n) is 1.87. The van der Waals surface area contributed by atoms with Gasteiger partial charge in [0.2, 0.25) is 0 Å². The number of carboxylic acid groups (broad SMARTS) is 1. The molecule has 0 radical (unpaired) electrons. The van der Waals surface area contributed by atoms with Crippen molar-refractivity contribution < 1.29 is 9.90 Å². The lowest BCUT2D eigenvalue weighted by atomic mass is 10.1. The molecule has 0 amide bonds. The van der Waals surface area contributed by atoms with Crippen LogP contribution < -0.4 is 0 Å². The monoisotopic (exact) mass is 246 g/mol. The number of thiophene rings is 1. The first-order chi connectivity index (χ1) is 6.61. The van der Waals surface area contributed by atoms with Gasteiger partial charge in [-0.3, -0.25) is 0 Å². The zero-order valence-corrected chi connectivity index (χ0v) is 9.08. The molecule has 72 valence electrons. The van der Waals surface area contributed by atoms with Gasteiger partial charge < -0.3 is 5.11 Å². The van der Waals surface area contributed by atoms with Gasteiger partial charge in [-0.2, -0.15) is 0 Å². The molecule has 0 unspecified atom stereocenters. The van der Waals surface area contributed by atoms with Crippen molar-refractivity contribution >= 4 is 50.6 Å². The number of benzene rings is 1. The number of halogens is 2. The van der Waals surface area contributed by atoms with E-state index >= 15 is 0 Å². The van der Waals surface area contributed by atoms with Crippen molar-refractivity contribution in [3.05, 3.63) is 33.1 Å². The minimum atomic E-state index is -0.994. The quantitative estimate of drug-likeness (QED) is 0.829. The summed E-state index contributed by atoms with van der Waals surface area (Å²) in [6.45, 7) is 0. The molecule has 2 aromatic rings. The van der Waals surface area contributed by atoms with Gasteiger partial charge in [0.15, 0.2) is 0 Å². The Morgan fingerprint density at radius 3 is 2.79 bits per heavy atom. The summed E-state index contributed by atoms with van der Waals surface area (Å²) < 4.78 is 0.719. The van der Waals surface area contributed by atoms with E-state index in [-0.39, 0.29) is 10.6 Å². The summed E-state index contributed by atoms with van der Waals surface area (Å²) in [4.78, 5) is 10.9. The van der Waals surface area contributed by atoms with E-state index in [2.05, 4.69) is 0 Å². The normalized spacial score (nSPS) is 10.7. The molecule has 2 rings (SSSR count). The summed E-state index contributed by atoms with van der Waals surface area (Å²) in [7, 11) is 0. The molecule has 0 aliphatic heterocycles. The van der Waals surface area contributed by atoms with Crippen LogP contribution in [0, 0.1) is 0 Å². The van der Waals surface area contributed by atoms with Gasteiger partial charge in [-0.1, -0.05) is 23.2 Å². The van der Waals surface area contributed by atoms with Crippen LogP contribution >= 0.6 is 34.5 Å². The zero-order chi connectivity index (χ0) is 10.3. The van der Waals surface area contributed by atoms with Gasteiger partial charge in [0.05, 0.1) is 20.3 Å². The minimum Gasteiger partial charge on any atom is -0.478 e. The van der Waals surface area contributed by atoms with Gasteiger partial charge in [-0.05, 0) is 17.5 Å². The second kappa shape index (κ2) is 3.42. The molecular weight excluding hydrogens is 243 g/mol. The van der Waals surface area contributed by atoms with Crippen molar-refractivity contribution in [1.82, 2.24) is 0 Å². The Balaban J connectivity index is 2.91. The molecule has 0 atom stereocenters. The lowest BCUT2D eigenvalue weighted by molar-refractivity contribution is 0.0699. The lowest BCUT2D eigenvalue weighted by Crippen LogP contribution is -1.96. The molecular formula is C9H4Cl2O2S. The van der Waals surface area contributed by atoms with E-state index in [1.165, 1.54) is 17.4 Å². The zero-order valence-electron chi connectivity index (χ0n) is 6.75. The van der Waals surface area contributed by atoms with Crippen molar-refractivity contribution in [2.75, 3.05) is 0 Å². The van der Waals surface area contributed by atoms with Crippen LogP contribution in [0.5, 0.6) is 0 Å². The molecule has 0 aliphatic carbocycles. The molecule has 0 fully saturated rings. The molecule has 0 spiro atoms. The van der Waals surface area contributed by atoms with Crippen molar-refractivity contribution in [3.8, 4) is 0 Å². The third-order valence-corrected chi connectivity index (χ3v) is 3.70. The second-order valence-electron chi connectivity index (χ2n) is 2.69. The van der Waals surface area contributed by atoms with E-state index in [1.54, 1.807) is 11.4 Å². The van der Waals surface area contributed by atoms with E-state index in [0.29, 0.717) is 10.4 Å². The van der Waals surface area contributed by atoms with Gasteiger partial charge in [0.1, 0.15) is 0 Å². The summed E-state index contributed by atoms with van der Waals surface area (Å²) in [5, 5.41) is 12.0. The fraction of sp³-hybridized carbons (Fsp3) is 0. The molecule has 2 nitrogen and oxygen atoms in total. The second-order valence-corrected chi connectivity index (χ2v) is 4.39. The molecule has 0 bridgehead atoms. The molecule has 0 saturated carbocycles. The predicted octanol–water partition coefficient (Wildman–Crippen LogP) is 3.91. The maximum Gasteiger partial charge on any atom is 0.336 e. The Morgan fingerprint density at radius 1 is 1.43 bits per heavy atom. The largest absolute Gasteiger partial charge is 0.478 e. The van der Waals surface area contributed by atoms with Crippen molar-refractivity contribution in [3.63, 3.8) is 0 Å². The fourth-order valence-electron chi connectivity index (χ4n) is 1.24. The van der Waals surface area contributed by atoms with E-state index in [1.807, 2.05) is 0 Å². The first kappa shape index (κ1) is 9.77. The molecule has 1 heterocycles. The third kappa shape index (κ3) is 1.38. The van der Waals surface area contributed by atoms with Crippen molar-refractivity contribution in [2.24, 2.45) is 0 Å². The number of rotatable bonds is 1. The highest BCUT2D eigenvalue weighted by molar-refractivity contribution is 7.18. The highest BCUT2D eigenvalue weighted by Crippen LogP contribution is 2.36. The molecule has 5 heteroatoms. The summed E-state index contributed by atoms with van der Waals surface area (Å²) in [6.07, 6.45) is 0. The lowest BCUT2D eigenvalue weighted by Gasteiger charge is -2.01. The first-order valence-electron chi connectivity index (χ1n) is 3.69. The average Bonchev–Trinajstić information content (AvgIpc) is 2.59. The number of carbonyl (C=O) groups is 1. The molecule has 1 aromatic carbocycles. The highest BCUT2D eigenvalue weighted by atomic mass is 35.5. The smallest absolute Gasteiger partial charge is 0.336 e. The van der Waals surface area contributed by atoms with Gasteiger partial charge in [0.25, 0.3) is 0 Å².